The first-order valence-electron chi connectivity index (χ1n) is 8.54. The Balaban J connectivity index is 1.68. The first kappa shape index (κ1) is 17.9. The molecule has 0 amide bonds. The van der Waals surface area contributed by atoms with Crippen LogP contribution in [0.3, 0.4) is 0 Å². The standard InChI is InChI=1S/C18H20ClFN2O3S/c1-10-17(26(2,23)24)22-16(21-10)15(11-3-4-14(20)13(19)7-11)25-12-8-18(9-12)5-6-18/h3-4,7,12,15H,5-6,8-9H2,1-2H3,(H,21,22). The highest BCUT2D eigenvalue weighted by Crippen LogP contribution is 2.62. The number of rotatable bonds is 5. The molecule has 0 bridgehead atoms. The van der Waals surface area contributed by atoms with Gasteiger partial charge in [0.1, 0.15) is 17.7 Å². The number of aromatic nitrogens is 2. The van der Waals surface area contributed by atoms with Crippen LogP contribution in [0.5, 0.6) is 0 Å². The van der Waals surface area contributed by atoms with E-state index >= 15 is 0 Å². The van der Waals surface area contributed by atoms with Gasteiger partial charge < -0.3 is 9.72 Å². The van der Waals surface area contributed by atoms with Gasteiger partial charge in [-0.1, -0.05) is 17.7 Å². The van der Waals surface area contributed by atoms with Crippen molar-refractivity contribution in [2.45, 2.75) is 49.8 Å². The zero-order chi connectivity index (χ0) is 18.7. The number of halogens is 2. The van der Waals surface area contributed by atoms with Crippen LogP contribution >= 0.6 is 11.6 Å². The third kappa shape index (κ3) is 3.28. The van der Waals surface area contributed by atoms with E-state index < -0.39 is 21.8 Å². The number of H-pyrrole nitrogens is 1. The highest BCUT2D eigenvalue weighted by atomic mass is 35.5. The minimum absolute atomic E-state index is 0.00146. The molecule has 1 atom stereocenters. The Hall–Kier alpha value is -1.44. The summed E-state index contributed by atoms with van der Waals surface area (Å²) in [6.45, 7) is 1.66. The molecule has 2 saturated carbocycles. The Bertz CT molecular complexity index is 961. The molecule has 1 heterocycles. The summed E-state index contributed by atoms with van der Waals surface area (Å²) in [6, 6.07) is 4.38. The summed E-state index contributed by atoms with van der Waals surface area (Å²) in [6.07, 6.45) is 5.07. The van der Waals surface area contributed by atoms with Gasteiger partial charge in [0.2, 0.25) is 0 Å². The van der Waals surface area contributed by atoms with Crippen molar-refractivity contribution in [3.63, 3.8) is 0 Å². The monoisotopic (exact) mass is 398 g/mol. The smallest absolute Gasteiger partial charge is 0.194 e. The molecule has 4 rings (SSSR count). The van der Waals surface area contributed by atoms with Gasteiger partial charge >= 0.3 is 0 Å². The first-order valence-corrected chi connectivity index (χ1v) is 10.8. The van der Waals surface area contributed by atoms with Crippen molar-refractivity contribution in [1.29, 1.82) is 0 Å². The van der Waals surface area contributed by atoms with Crippen LogP contribution in [0.1, 0.15) is 48.9 Å². The molecule has 5 nitrogen and oxygen atoms in total. The van der Waals surface area contributed by atoms with Crippen LogP contribution in [0.4, 0.5) is 4.39 Å². The van der Waals surface area contributed by atoms with Crippen LogP contribution in [0.15, 0.2) is 23.2 Å². The molecule has 2 aromatic rings. The van der Waals surface area contributed by atoms with Crippen LogP contribution in [-0.2, 0) is 14.6 Å². The number of imidazole rings is 1. The minimum Gasteiger partial charge on any atom is -0.362 e. The zero-order valence-electron chi connectivity index (χ0n) is 14.6. The third-order valence-corrected chi connectivity index (χ3v) is 6.70. The Kier molecular flexibility index (Phi) is 4.17. The van der Waals surface area contributed by atoms with Gasteiger partial charge in [0.25, 0.3) is 0 Å². The summed E-state index contributed by atoms with van der Waals surface area (Å²) in [5, 5.41) is -0.00318. The van der Waals surface area contributed by atoms with Crippen LogP contribution in [-0.4, -0.2) is 30.7 Å². The number of nitrogens with zero attached hydrogens (tertiary/aromatic N) is 1. The molecule has 0 radical (unpaired) electrons. The van der Waals surface area contributed by atoms with Crippen LogP contribution in [0.25, 0.3) is 0 Å². The van der Waals surface area contributed by atoms with E-state index in [-0.39, 0.29) is 16.2 Å². The van der Waals surface area contributed by atoms with Crippen molar-refractivity contribution in [3.8, 4) is 0 Å². The van der Waals surface area contributed by atoms with E-state index in [1.807, 2.05) is 0 Å². The van der Waals surface area contributed by atoms with Gasteiger partial charge in [-0.3, -0.25) is 0 Å². The van der Waals surface area contributed by atoms with Crippen molar-refractivity contribution in [1.82, 2.24) is 9.97 Å². The number of nitrogens with one attached hydrogen (secondary N) is 1. The van der Waals surface area contributed by atoms with Crippen molar-refractivity contribution in [2.24, 2.45) is 5.41 Å². The Morgan fingerprint density at radius 3 is 2.62 bits per heavy atom. The summed E-state index contributed by atoms with van der Waals surface area (Å²) in [5.41, 5.74) is 1.56. The molecule has 2 aliphatic rings. The molecule has 0 aliphatic heterocycles. The van der Waals surface area contributed by atoms with Crippen molar-refractivity contribution in [2.75, 3.05) is 6.26 Å². The third-order valence-electron chi connectivity index (χ3n) is 5.31. The van der Waals surface area contributed by atoms with E-state index in [1.54, 1.807) is 13.0 Å². The normalized spacial score (nSPS) is 20.2. The molecule has 26 heavy (non-hydrogen) atoms. The van der Waals surface area contributed by atoms with Gasteiger partial charge in [-0.05, 0) is 55.7 Å². The predicted octanol–water partition coefficient (Wildman–Crippen LogP) is 3.96. The molecule has 1 N–H and O–H groups in total. The summed E-state index contributed by atoms with van der Waals surface area (Å²) in [7, 11) is -3.46. The number of benzene rings is 1. The molecule has 2 fully saturated rings. The Labute approximate surface area is 156 Å². The quantitative estimate of drug-likeness (QED) is 0.827. The number of aryl methyl sites for hydroxylation is 1. The van der Waals surface area contributed by atoms with Crippen LogP contribution in [0, 0.1) is 18.2 Å². The summed E-state index contributed by atoms with van der Waals surface area (Å²) >= 11 is 5.94. The maximum atomic E-state index is 13.6. The second-order valence-electron chi connectivity index (χ2n) is 7.54. The van der Waals surface area contributed by atoms with Crippen molar-refractivity contribution < 1.29 is 17.5 Å². The second kappa shape index (κ2) is 6.04. The molecular formula is C18H20ClFN2O3S. The van der Waals surface area contributed by atoms with E-state index in [4.69, 9.17) is 16.3 Å². The number of aromatic amines is 1. The van der Waals surface area contributed by atoms with E-state index in [0.717, 1.165) is 19.1 Å². The van der Waals surface area contributed by atoms with E-state index in [1.165, 1.54) is 25.0 Å². The van der Waals surface area contributed by atoms with Gasteiger partial charge in [0, 0.05) is 6.26 Å². The highest BCUT2D eigenvalue weighted by Gasteiger charge is 2.54. The molecule has 1 aromatic carbocycles. The van der Waals surface area contributed by atoms with E-state index in [0.29, 0.717) is 22.5 Å². The van der Waals surface area contributed by atoms with Crippen molar-refractivity contribution >= 4 is 21.4 Å². The Morgan fingerprint density at radius 1 is 1.38 bits per heavy atom. The van der Waals surface area contributed by atoms with Gasteiger partial charge in [0.05, 0.1) is 16.8 Å². The highest BCUT2D eigenvalue weighted by molar-refractivity contribution is 7.90. The maximum Gasteiger partial charge on any atom is 0.194 e. The Morgan fingerprint density at radius 2 is 2.08 bits per heavy atom. The van der Waals surface area contributed by atoms with Crippen LogP contribution in [0.2, 0.25) is 5.02 Å². The molecule has 0 saturated heterocycles. The van der Waals surface area contributed by atoms with Gasteiger partial charge in [-0.15, -0.1) is 0 Å². The molecule has 8 heteroatoms. The summed E-state index contributed by atoms with van der Waals surface area (Å²) < 4.78 is 43.6. The fraction of sp³-hybridized carbons (Fsp3) is 0.500. The molecule has 1 spiro atoms. The number of ether oxygens (including phenoxy) is 1. The SMILES string of the molecule is Cc1[nH]c(C(OC2CC3(CC3)C2)c2ccc(F)c(Cl)c2)nc1S(C)(=O)=O. The number of hydrogen-bond acceptors (Lipinski definition) is 4. The molecule has 1 aromatic heterocycles. The van der Waals surface area contributed by atoms with Gasteiger partial charge in [0.15, 0.2) is 14.9 Å². The average Bonchev–Trinajstić information content (AvgIpc) is 3.21. The largest absolute Gasteiger partial charge is 0.362 e. The minimum atomic E-state index is -3.46. The molecular weight excluding hydrogens is 379 g/mol. The zero-order valence-corrected chi connectivity index (χ0v) is 16.1. The molecule has 1 unspecified atom stereocenters. The van der Waals surface area contributed by atoms with Gasteiger partial charge in [-0.2, -0.15) is 0 Å². The maximum absolute atomic E-state index is 13.6. The molecule has 2 aliphatic carbocycles. The van der Waals surface area contributed by atoms with E-state index in [9.17, 15) is 12.8 Å². The fourth-order valence-electron chi connectivity index (χ4n) is 3.71. The van der Waals surface area contributed by atoms with Crippen molar-refractivity contribution in [3.05, 3.63) is 46.1 Å². The summed E-state index contributed by atoms with van der Waals surface area (Å²) in [5.74, 6) is -0.121. The lowest BCUT2D eigenvalue weighted by molar-refractivity contribution is -0.0732. The molecule has 140 valence electrons. The van der Waals surface area contributed by atoms with Crippen LogP contribution < -0.4 is 0 Å². The van der Waals surface area contributed by atoms with Gasteiger partial charge in [-0.25, -0.2) is 17.8 Å². The topological polar surface area (TPSA) is 72.0 Å². The second-order valence-corrected chi connectivity index (χ2v) is 9.88. The van der Waals surface area contributed by atoms with E-state index in [2.05, 4.69) is 9.97 Å². The summed E-state index contributed by atoms with van der Waals surface area (Å²) in [4.78, 5) is 7.29. The number of sulfone groups is 1. The predicted molar refractivity (Wildman–Crippen MR) is 95.5 cm³/mol. The fourth-order valence-corrected chi connectivity index (χ4v) is 4.77. The lowest BCUT2D eigenvalue weighted by atomic mass is 9.79. The number of hydrogen-bond donors (Lipinski definition) is 1. The average molecular weight is 399 g/mol. The first-order chi connectivity index (χ1) is 12.2. The lowest BCUT2D eigenvalue weighted by Gasteiger charge is -2.37. The lowest BCUT2D eigenvalue weighted by Crippen LogP contribution is -2.34.